The van der Waals surface area contributed by atoms with Crippen LogP contribution in [0.25, 0.3) is 0 Å². The van der Waals surface area contributed by atoms with Crippen LogP contribution in [0.5, 0.6) is 5.75 Å². The number of hydrogen-bond donors (Lipinski definition) is 1. The molecule has 0 aliphatic heterocycles. The highest BCUT2D eigenvalue weighted by molar-refractivity contribution is 9.10. The van der Waals surface area contributed by atoms with E-state index in [1.54, 1.807) is 13.2 Å². The molecule has 2 N–H and O–H groups in total. The van der Waals surface area contributed by atoms with Crippen molar-refractivity contribution in [2.24, 2.45) is 5.73 Å². The van der Waals surface area contributed by atoms with Crippen LogP contribution in [0, 0.1) is 11.6 Å². The minimum atomic E-state index is -0.645. The second-order valence-corrected chi connectivity index (χ2v) is 5.26. The molecule has 5 heteroatoms. The van der Waals surface area contributed by atoms with Crippen LogP contribution < -0.4 is 10.5 Å². The van der Waals surface area contributed by atoms with E-state index in [0.29, 0.717) is 12.2 Å². The first-order chi connectivity index (χ1) is 9.52. The van der Waals surface area contributed by atoms with E-state index < -0.39 is 17.7 Å². The lowest BCUT2D eigenvalue weighted by Crippen LogP contribution is -2.16. The molecule has 0 heterocycles. The van der Waals surface area contributed by atoms with Gasteiger partial charge in [-0.3, -0.25) is 0 Å². The van der Waals surface area contributed by atoms with Gasteiger partial charge < -0.3 is 10.5 Å². The number of rotatable bonds is 4. The molecule has 0 aliphatic rings. The molecule has 2 nitrogen and oxygen atoms in total. The fourth-order valence-corrected chi connectivity index (χ4v) is 2.36. The van der Waals surface area contributed by atoms with E-state index in [0.717, 1.165) is 17.7 Å². The van der Waals surface area contributed by atoms with Crippen molar-refractivity contribution < 1.29 is 13.5 Å². The van der Waals surface area contributed by atoms with Crippen LogP contribution >= 0.6 is 15.9 Å². The predicted octanol–water partition coefficient (Wildman–Crippen LogP) is 3.98. The molecule has 0 fully saturated rings. The number of benzene rings is 2. The lowest BCUT2D eigenvalue weighted by atomic mass is 9.98. The molecular formula is C15H14BrF2NO. The van der Waals surface area contributed by atoms with Gasteiger partial charge >= 0.3 is 0 Å². The lowest BCUT2D eigenvalue weighted by molar-refractivity contribution is 0.407. The molecule has 2 aromatic carbocycles. The number of methoxy groups -OCH3 is 1. The summed E-state index contributed by atoms with van der Waals surface area (Å²) in [6.45, 7) is 0. The highest BCUT2D eigenvalue weighted by atomic mass is 79.9. The fraction of sp³-hybridized carbons (Fsp3) is 0.200. The van der Waals surface area contributed by atoms with E-state index in [1.807, 2.05) is 18.2 Å². The second kappa shape index (κ2) is 6.33. The molecule has 0 radical (unpaired) electrons. The van der Waals surface area contributed by atoms with Crippen molar-refractivity contribution in [1.82, 2.24) is 0 Å². The monoisotopic (exact) mass is 341 g/mol. The summed E-state index contributed by atoms with van der Waals surface area (Å²) in [4.78, 5) is 0. The molecule has 0 amide bonds. The van der Waals surface area contributed by atoms with Gasteiger partial charge in [0.05, 0.1) is 11.6 Å². The highest BCUT2D eigenvalue weighted by Crippen LogP contribution is 2.27. The van der Waals surface area contributed by atoms with Gasteiger partial charge in [-0.05, 0) is 46.1 Å². The van der Waals surface area contributed by atoms with Gasteiger partial charge in [-0.1, -0.05) is 18.2 Å². The molecule has 0 saturated carbocycles. The van der Waals surface area contributed by atoms with Crippen LogP contribution in [0.15, 0.2) is 40.9 Å². The van der Waals surface area contributed by atoms with Crippen LogP contribution in [0.2, 0.25) is 0 Å². The fourth-order valence-electron chi connectivity index (χ4n) is 2.04. The first kappa shape index (κ1) is 14.9. The predicted molar refractivity (Wildman–Crippen MR) is 77.7 cm³/mol. The minimum Gasteiger partial charge on any atom is -0.496 e. The third-order valence-corrected chi connectivity index (χ3v) is 3.68. The van der Waals surface area contributed by atoms with E-state index in [1.165, 1.54) is 0 Å². The molecule has 2 aromatic rings. The van der Waals surface area contributed by atoms with Crippen molar-refractivity contribution in [3.8, 4) is 5.75 Å². The minimum absolute atomic E-state index is 0.0863. The Morgan fingerprint density at radius 1 is 1.20 bits per heavy atom. The summed E-state index contributed by atoms with van der Waals surface area (Å²) in [5.74, 6) is -0.376. The van der Waals surface area contributed by atoms with E-state index in [2.05, 4.69) is 15.9 Å². The van der Waals surface area contributed by atoms with Crippen LogP contribution in [0.1, 0.15) is 17.2 Å². The third kappa shape index (κ3) is 3.16. The Hall–Kier alpha value is -1.46. The van der Waals surface area contributed by atoms with Gasteiger partial charge in [0.25, 0.3) is 0 Å². The molecule has 106 valence electrons. The third-order valence-electron chi connectivity index (χ3n) is 3.07. The number of para-hydroxylation sites is 1. The SMILES string of the molecule is COc1ccccc1CC(N)c1cc(F)c(Br)cc1F. The van der Waals surface area contributed by atoms with Gasteiger partial charge in [0.1, 0.15) is 17.4 Å². The summed E-state index contributed by atoms with van der Waals surface area (Å²) in [7, 11) is 1.56. The Morgan fingerprint density at radius 2 is 1.90 bits per heavy atom. The summed E-state index contributed by atoms with van der Waals surface area (Å²) in [6.07, 6.45) is 0.363. The molecule has 0 bridgehead atoms. The van der Waals surface area contributed by atoms with Crippen molar-refractivity contribution in [2.45, 2.75) is 12.5 Å². The highest BCUT2D eigenvalue weighted by Gasteiger charge is 2.16. The Balaban J connectivity index is 2.28. The number of hydrogen-bond acceptors (Lipinski definition) is 2. The molecule has 1 unspecified atom stereocenters. The van der Waals surface area contributed by atoms with Gasteiger partial charge in [-0.15, -0.1) is 0 Å². The maximum atomic E-state index is 13.9. The van der Waals surface area contributed by atoms with E-state index in [4.69, 9.17) is 10.5 Å². The summed E-state index contributed by atoms with van der Waals surface area (Å²) < 4.78 is 32.7. The quantitative estimate of drug-likeness (QED) is 0.853. The largest absolute Gasteiger partial charge is 0.496 e. The molecule has 0 aromatic heterocycles. The first-order valence-corrected chi connectivity index (χ1v) is 6.84. The van der Waals surface area contributed by atoms with Crippen molar-refractivity contribution in [3.63, 3.8) is 0 Å². The number of halogens is 3. The van der Waals surface area contributed by atoms with Crippen molar-refractivity contribution in [2.75, 3.05) is 7.11 Å². The Bertz CT molecular complexity index is 619. The van der Waals surface area contributed by atoms with Gasteiger partial charge in [-0.2, -0.15) is 0 Å². The Kier molecular flexibility index (Phi) is 4.73. The lowest BCUT2D eigenvalue weighted by Gasteiger charge is -2.15. The standard InChI is InChI=1S/C15H14BrF2NO/c1-20-15-5-3-2-4-9(15)6-14(19)10-7-13(18)11(16)8-12(10)17/h2-5,7-8,14H,6,19H2,1H3. The van der Waals surface area contributed by atoms with Crippen LogP contribution in [-0.4, -0.2) is 7.11 Å². The smallest absolute Gasteiger partial charge is 0.137 e. The number of nitrogens with two attached hydrogens (primary N) is 1. The summed E-state index contributed by atoms with van der Waals surface area (Å²) >= 11 is 2.94. The Morgan fingerprint density at radius 3 is 2.60 bits per heavy atom. The molecule has 0 spiro atoms. The van der Waals surface area contributed by atoms with Crippen LogP contribution in [0.3, 0.4) is 0 Å². The van der Waals surface area contributed by atoms with Gasteiger partial charge in [-0.25, -0.2) is 8.78 Å². The normalized spacial score (nSPS) is 12.2. The zero-order valence-corrected chi connectivity index (χ0v) is 12.5. The van der Waals surface area contributed by atoms with Crippen LogP contribution in [-0.2, 0) is 6.42 Å². The summed E-state index contributed by atoms with van der Waals surface area (Å²) in [5, 5.41) is 0. The maximum absolute atomic E-state index is 13.9. The van der Waals surface area contributed by atoms with Crippen LogP contribution in [0.4, 0.5) is 8.78 Å². The number of ether oxygens (including phenoxy) is 1. The molecule has 20 heavy (non-hydrogen) atoms. The molecular weight excluding hydrogens is 328 g/mol. The molecule has 2 rings (SSSR count). The van der Waals surface area contributed by atoms with Crippen molar-refractivity contribution in [1.29, 1.82) is 0 Å². The molecule has 1 atom stereocenters. The molecule has 0 saturated heterocycles. The summed E-state index contributed by atoms with van der Waals surface area (Å²) in [6, 6.07) is 8.92. The van der Waals surface area contributed by atoms with Crippen molar-refractivity contribution in [3.05, 3.63) is 63.6 Å². The zero-order valence-electron chi connectivity index (χ0n) is 10.9. The second-order valence-electron chi connectivity index (χ2n) is 4.41. The van der Waals surface area contributed by atoms with Crippen molar-refractivity contribution >= 4 is 15.9 Å². The average Bonchev–Trinajstić information content (AvgIpc) is 2.43. The van der Waals surface area contributed by atoms with E-state index in [-0.39, 0.29) is 10.0 Å². The molecule has 0 aliphatic carbocycles. The topological polar surface area (TPSA) is 35.2 Å². The first-order valence-electron chi connectivity index (χ1n) is 6.05. The Labute approximate surface area is 124 Å². The van der Waals surface area contributed by atoms with E-state index in [9.17, 15) is 8.78 Å². The van der Waals surface area contributed by atoms with Gasteiger partial charge in [0.2, 0.25) is 0 Å². The average molecular weight is 342 g/mol. The van der Waals surface area contributed by atoms with Gasteiger partial charge in [0.15, 0.2) is 0 Å². The van der Waals surface area contributed by atoms with Gasteiger partial charge in [0, 0.05) is 11.6 Å². The van der Waals surface area contributed by atoms with E-state index >= 15 is 0 Å². The maximum Gasteiger partial charge on any atom is 0.137 e. The zero-order chi connectivity index (χ0) is 14.7. The summed E-state index contributed by atoms with van der Waals surface area (Å²) in [5.41, 5.74) is 6.99.